The molecule has 0 aromatic heterocycles. The van der Waals surface area contributed by atoms with Gasteiger partial charge in [0, 0.05) is 6.61 Å². The fourth-order valence-electron chi connectivity index (χ4n) is 0.786. The summed E-state index contributed by atoms with van der Waals surface area (Å²) in [5.74, 6) is 0. The molecule has 14 heavy (non-hydrogen) atoms. The summed E-state index contributed by atoms with van der Waals surface area (Å²) in [6, 6.07) is 0. The molecule has 6 nitrogen and oxygen atoms in total. The van der Waals surface area contributed by atoms with Crippen molar-refractivity contribution in [3.05, 3.63) is 0 Å². The predicted octanol–water partition coefficient (Wildman–Crippen LogP) is -3.78. The van der Waals surface area contributed by atoms with E-state index in [1.54, 1.807) is 0 Å². The highest BCUT2D eigenvalue weighted by Crippen LogP contribution is 1.94. The highest BCUT2D eigenvalue weighted by molar-refractivity contribution is 6.55. The van der Waals surface area contributed by atoms with Crippen molar-refractivity contribution < 1.29 is 25.0 Å². The van der Waals surface area contributed by atoms with Gasteiger partial charge in [0.1, 0.15) is 0 Å². The Bertz CT molecular complexity index is 129. The summed E-state index contributed by atoms with van der Waals surface area (Å²) in [5, 5.41) is 0. The molecular weight excluding hydrogens is 272 g/mol. The third-order valence-electron chi connectivity index (χ3n) is 1.37. The van der Waals surface area contributed by atoms with E-state index in [2.05, 4.69) is 6.92 Å². The average molecular weight is 289 g/mol. The van der Waals surface area contributed by atoms with Crippen LogP contribution in [0, 0.1) is 0 Å². The van der Waals surface area contributed by atoms with Crippen molar-refractivity contribution in [2.24, 2.45) is 0 Å². The van der Waals surface area contributed by atoms with Crippen LogP contribution in [0.5, 0.6) is 0 Å². The van der Waals surface area contributed by atoms with Crippen LogP contribution in [0.3, 0.4) is 0 Å². The van der Waals surface area contributed by atoms with Crippen LogP contribution in [0.25, 0.3) is 0 Å². The topological polar surface area (TPSA) is 55.4 Å². The zero-order chi connectivity index (χ0) is 10.1. The summed E-state index contributed by atoms with van der Waals surface area (Å²) in [7, 11) is -5.40. The molecule has 1 saturated heterocycles. The molecule has 0 N–H and O–H groups in total. The van der Waals surface area contributed by atoms with E-state index in [-0.39, 0.29) is 0 Å². The highest BCUT2D eigenvalue weighted by atomic mass is 28.4. The highest BCUT2D eigenvalue weighted by Gasteiger charge is 2.15. The molecule has 84 valence electrons. The molecule has 0 saturated carbocycles. The largest absolute Gasteiger partial charge is 0.465 e. The minimum atomic E-state index is -1.90. The maximum Gasteiger partial charge on any atom is 0.465 e. The van der Waals surface area contributed by atoms with E-state index < -0.39 is 49.6 Å². The normalized spacial score (nSPS) is 32.8. The summed E-state index contributed by atoms with van der Waals surface area (Å²) in [5.41, 5.74) is 0. The molecule has 0 spiro atoms. The lowest BCUT2D eigenvalue weighted by Gasteiger charge is -2.18. The van der Waals surface area contributed by atoms with Gasteiger partial charge in [-0.2, -0.15) is 0 Å². The second-order valence-corrected chi connectivity index (χ2v) is 12.0. The van der Waals surface area contributed by atoms with E-state index in [4.69, 9.17) is 25.0 Å². The van der Waals surface area contributed by atoms with Gasteiger partial charge < -0.3 is 25.0 Å². The summed E-state index contributed by atoms with van der Waals surface area (Å²) in [4.78, 5) is 0. The fourth-order valence-corrected chi connectivity index (χ4v) is 10.5. The van der Waals surface area contributed by atoms with E-state index in [1.807, 2.05) is 0 Å². The summed E-state index contributed by atoms with van der Waals surface area (Å²) < 4.78 is 32.2. The van der Waals surface area contributed by atoms with Crippen molar-refractivity contribution >= 4 is 49.6 Å². The zero-order valence-corrected chi connectivity index (χ0v) is 15.1. The minimum Gasteiger partial charge on any atom is -0.425 e. The molecule has 0 unspecified atom stereocenters. The molecule has 0 radical (unpaired) electrons. The summed E-state index contributed by atoms with van der Waals surface area (Å²) in [6.45, 7) is 2.76. The third-order valence-corrected chi connectivity index (χ3v) is 9.14. The summed E-state index contributed by atoms with van der Waals surface area (Å²) >= 11 is 0. The Morgan fingerprint density at radius 3 is 2.14 bits per heavy atom. The lowest BCUT2D eigenvalue weighted by atomic mass is 10.5. The third kappa shape index (κ3) is 6.35. The lowest BCUT2D eigenvalue weighted by Crippen LogP contribution is -2.34. The number of rotatable bonds is 3. The van der Waals surface area contributed by atoms with Crippen LogP contribution < -0.4 is 0 Å². The van der Waals surface area contributed by atoms with Gasteiger partial charge in [-0.15, -0.1) is 0 Å². The quantitative estimate of drug-likeness (QED) is 0.497. The molecule has 0 atom stereocenters. The standard InChI is InChI=1S/C3H16O6Si5/c1-2-3-4-14-8-12-6-10-5-11-7-13-9-14/h14H,2-3,10-13H2,1H3. The van der Waals surface area contributed by atoms with Crippen molar-refractivity contribution in [3.63, 3.8) is 0 Å². The van der Waals surface area contributed by atoms with Crippen molar-refractivity contribution in [1.82, 2.24) is 0 Å². The molecule has 0 amide bonds. The van der Waals surface area contributed by atoms with E-state index in [0.29, 0.717) is 6.61 Å². The van der Waals surface area contributed by atoms with Crippen molar-refractivity contribution in [2.45, 2.75) is 13.3 Å². The predicted molar refractivity (Wildman–Crippen MR) is 63.0 cm³/mol. The van der Waals surface area contributed by atoms with Gasteiger partial charge in [-0.3, -0.25) is 0 Å². The van der Waals surface area contributed by atoms with E-state index >= 15 is 0 Å². The van der Waals surface area contributed by atoms with Gasteiger partial charge in [0.2, 0.25) is 0 Å². The molecule has 1 heterocycles. The van der Waals surface area contributed by atoms with Gasteiger partial charge >= 0.3 is 9.53 Å². The van der Waals surface area contributed by atoms with Crippen molar-refractivity contribution in [1.29, 1.82) is 0 Å². The van der Waals surface area contributed by atoms with Crippen LogP contribution in [-0.2, 0) is 25.0 Å². The van der Waals surface area contributed by atoms with Gasteiger partial charge in [0.05, 0.1) is 0 Å². The van der Waals surface area contributed by atoms with Crippen molar-refractivity contribution in [2.75, 3.05) is 6.61 Å². The first-order valence-electron chi connectivity index (χ1n) is 4.51. The van der Waals surface area contributed by atoms with Gasteiger partial charge in [-0.1, -0.05) is 6.92 Å². The van der Waals surface area contributed by atoms with Crippen molar-refractivity contribution in [3.8, 4) is 0 Å². The van der Waals surface area contributed by atoms with Crippen LogP contribution in [0.1, 0.15) is 13.3 Å². The lowest BCUT2D eigenvalue weighted by molar-refractivity contribution is 0.188. The van der Waals surface area contributed by atoms with Crippen LogP contribution >= 0.6 is 0 Å². The molecule has 1 aliphatic rings. The molecule has 11 heteroatoms. The molecule has 1 rings (SSSR count). The Morgan fingerprint density at radius 2 is 1.57 bits per heavy atom. The maximum atomic E-state index is 5.46. The molecule has 1 aliphatic heterocycles. The first-order chi connectivity index (χ1) is 6.93. The van der Waals surface area contributed by atoms with Crippen LogP contribution in [-0.4, -0.2) is 56.2 Å². The number of hydrogen-bond acceptors (Lipinski definition) is 6. The molecule has 0 aliphatic carbocycles. The van der Waals surface area contributed by atoms with E-state index in [0.717, 1.165) is 6.42 Å². The first-order valence-corrected chi connectivity index (χ1v) is 10.5. The molecule has 1 fully saturated rings. The fraction of sp³-hybridized carbons (Fsp3) is 1.00. The van der Waals surface area contributed by atoms with Gasteiger partial charge in [0.15, 0.2) is 0 Å². The molecule has 0 aromatic carbocycles. The second-order valence-electron chi connectivity index (χ2n) is 2.58. The van der Waals surface area contributed by atoms with Crippen LogP contribution in [0.2, 0.25) is 0 Å². The Morgan fingerprint density at radius 1 is 1.00 bits per heavy atom. The molecular formula is C3H16O6Si5. The van der Waals surface area contributed by atoms with Gasteiger partial charge in [-0.05, 0) is 6.42 Å². The Kier molecular flexibility index (Phi) is 8.39. The minimum absolute atomic E-state index is 0.699. The Balaban J connectivity index is 2.16. The average Bonchev–Trinajstić information content (AvgIpc) is 2.23. The Labute approximate surface area is 94.8 Å². The number of hydrogen-bond donors (Lipinski definition) is 0. The maximum absolute atomic E-state index is 5.46. The first kappa shape index (κ1) is 12.9. The van der Waals surface area contributed by atoms with Crippen LogP contribution in [0.4, 0.5) is 0 Å². The molecule has 0 aromatic rings. The molecule has 0 bridgehead atoms. The van der Waals surface area contributed by atoms with Gasteiger partial charge in [0.25, 0.3) is 40.0 Å². The summed E-state index contributed by atoms with van der Waals surface area (Å²) in [6.07, 6.45) is 0.980. The van der Waals surface area contributed by atoms with E-state index in [1.165, 1.54) is 0 Å². The SMILES string of the molecule is CCCO[SiH]1O[SiH2]O[SiH2]O[SiH2]O[SiH2]O1. The van der Waals surface area contributed by atoms with E-state index in [9.17, 15) is 0 Å². The van der Waals surface area contributed by atoms with Crippen LogP contribution in [0.15, 0.2) is 0 Å². The zero-order valence-electron chi connectivity index (χ0n) is 8.27. The van der Waals surface area contributed by atoms with Gasteiger partial charge in [-0.25, -0.2) is 0 Å². The monoisotopic (exact) mass is 288 g/mol. The smallest absolute Gasteiger partial charge is 0.425 e. The second kappa shape index (κ2) is 9.10. The Hall–Kier alpha value is 0.844.